The predicted molar refractivity (Wildman–Crippen MR) is 149 cm³/mol. The van der Waals surface area contributed by atoms with Crippen LogP contribution in [0, 0.1) is 0 Å². The van der Waals surface area contributed by atoms with Gasteiger partial charge in [0.15, 0.2) is 10.9 Å². The Morgan fingerprint density at radius 1 is 1.14 bits per heavy atom. The van der Waals surface area contributed by atoms with Crippen molar-refractivity contribution in [1.82, 2.24) is 25.1 Å². The summed E-state index contributed by atoms with van der Waals surface area (Å²) in [5.41, 5.74) is 2.59. The maximum Gasteiger partial charge on any atom is 0.250 e. The number of aryl methyl sites for hydroxylation is 1. The Labute approximate surface area is 224 Å². The van der Waals surface area contributed by atoms with E-state index in [0.29, 0.717) is 5.76 Å². The molecule has 0 saturated heterocycles. The zero-order chi connectivity index (χ0) is 25.1. The predicted octanol–water partition coefficient (Wildman–Crippen LogP) is 5.96. The van der Waals surface area contributed by atoms with Crippen molar-refractivity contribution in [2.75, 3.05) is 5.32 Å². The SMILES string of the molecule is CCc1nnc2sc(-c3cccc(NC(=S)NC(=O)/C=C/c4ccc(-c5ccc(Br)cc5)o4)c3)nn12. The molecule has 36 heavy (non-hydrogen) atoms. The molecule has 3 aromatic heterocycles. The third-order valence-electron chi connectivity index (χ3n) is 5.13. The second-order valence-corrected chi connectivity index (χ2v) is 9.92. The van der Waals surface area contributed by atoms with Crippen LogP contribution < -0.4 is 10.6 Å². The molecule has 2 aromatic carbocycles. The Kier molecular flexibility index (Phi) is 7.03. The molecule has 0 saturated carbocycles. The number of hydrogen-bond donors (Lipinski definition) is 2. The lowest BCUT2D eigenvalue weighted by Crippen LogP contribution is -2.32. The monoisotopic (exact) mass is 578 g/mol. The molecule has 5 aromatic rings. The molecule has 0 aliphatic heterocycles. The molecule has 3 heterocycles. The zero-order valence-corrected chi connectivity index (χ0v) is 22.2. The lowest BCUT2D eigenvalue weighted by Gasteiger charge is -2.09. The minimum atomic E-state index is -0.369. The Bertz CT molecular complexity index is 1590. The minimum absolute atomic E-state index is 0.184. The van der Waals surface area contributed by atoms with Crippen molar-refractivity contribution >= 4 is 67.2 Å². The second-order valence-electron chi connectivity index (χ2n) is 7.64. The first-order valence-corrected chi connectivity index (χ1v) is 13.0. The minimum Gasteiger partial charge on any atom is -0.457 e. The van der Waals surface area contributed by atoms with Crippen LogP contribution >= 0.6 is 39.5 Å². The summed E-state index contributed by atoms with van der Waals surface area (Å²) >= 11 is 10.2. The van der Waals surface area contributed by atoms with E-state index in [-0.39, 0.29) is 11.0 Å². The number of furan rings is 1. The van der Waals surface area contributed by atoms with E-state index in [4.69, 9.17) is 16.6 Å². The van der Waals surface area contributed by atoms with E-state index < -0.39 is 0 Å². The molecule has 0 spiro atoms. The second kappa shape index (κ2) is 10.5. The smallest absolute Gasteiger partial charge is 0.250 e. The fourth-order valence-corrected chi connectivity index (χ4v) is 4.75. The van der Waals surface area contributed by atoms with E-state index in [2.05, 4.69) is 41.9 Å². The van der Waals surface area contributed by atoms with Gasteiger partial charge in [-0.05, 0) is 54.7 Å². The van der Waals surface area contributed by atoms with Gasteiger partial charge < -0.3 is 9.73 Å². The number of rotatable bonds is 6. The number of nitrogens with one attached hydrogen (secondary N) is 2. The lowest BCUT2D eigenvalue weighted by molar-refractivity contribution is -0.115. The van der Waals surface area contributed by atoms with Gasteiger partial charge in [0, 0.05) is 33.8 Å². The molecule has 0 radical (unpaired) electrons. The highest BCUT2D eigenvalue weighted by Gasteiger charge is 2.12. The average molecular weight is 580 g/mol. The van der Waals surface area contributed by atoms with Gasteiger partial charge in [-0.1, -0.05) is 58.5 Å². The quantitative estimate of drug-likeness (QED) is 0.189. The number of thiocarbonyl (C=S) groups is 1. The summed E-state index contributed by atoms with van der Waals surface area (Å²) in [6.07, 6.45) is 3.72. The first kappa shape index (κ1) is 24.0. The molecule has 0 fully saturated rings. The molecule has 2 N–H and O–H groups in total. The summed E-state index contributed by atoms with van der Waals surface area (Å²) in [5.74, 6) is 1.73. The Morgan fingerprint density at radius 3 is 2.78 bits per heavy atom. The number of aromatic nitrogens is 4. The number of nitrogens with zero attached hydrogens (tertiary/aromatic N) is 4. The third-order valence-corrected chi connectivity index (χ3v) is 6.81. The highest BCUT2D eigenvalue weighted by Crippen LogP contribution is 2.28. The number of fused-ring (bicyclic) bond motifs is 1. The summed E-state index contributed by atoms with van der Waals surface area (Å²) in [6, 6.07) is 19.1. The molecule has 1 amide bonds. The van der Waals surface area contributed by atoms with Crippen LogP contribution in [-0.4, -0.2) is 30.8 Å². The molecule has 180 valence electrons. The van der Waals surface area contributed by atoms with E-state index in [0.717, 1.165) is 49.3 Å². The zero-order valence-electron chi connectivity index (χ0n) is 18.9. The van der Waals surface area contributed by atoms with Crippen molar-refractivity contribution in [3.8, 4) is 21.9 Å². The number of carbonyl (C=O) groups is 1. The van der Waals surface area contributed by atoms with E-state index in [1.807, 2.05) is 61.5 Å². The lowest BCUT2D eigenvalue weighted by atomic mass is 10.2. The van der Waals surface area contributed by atoms with Gasteiger partial charge in [0.1, 0.15) is 16.5 Å². The number of anilines is 1. The normalized spacial score (nSPS) is 11.3. The van der Waals surface area contributed by atoms with E-state index in [1.54, 1.807) is 16.7 Å². The Morgan fingerprint density at radius 2 is 1.97 bits per heavy atom. The van der Waals surface area contributed by atoms with Gasteiger partial charge in [0.05, 0.1) is 0 Å². The highest BCUT2D eigenvalue weighted by atomic mass is 79.9. The molecule has 5 rings (SSSR count). The van der Waals surface area contributed by atoms with Gasteiger partial charge in [-0.15, -0.1) is 10.2 Å². The van der Waals surface area contributed by atoms with Crippen molar-refractivity contribution in [1.29, 1.82) is 0 Å². The van der Waals surface area contributed by atoms with Crippen LogP contribution in [0.5, 0.6) is 0 Å². The van der Waals surface area contributed by atoms with Gasteiger partial charge in [-0.25, -0.2) is 0 Å². The van der Waals surface area contributed by atoms with Gasteiger partial charge in [-0.2, -0.15) is 9.61 Å². The van der Waals surface area contributed by atoms with Gasteiger partial charge in [0.25, 0.3) is 0 Å². The molecule has 0 aliphatic rings. The highest BCUT2D eigenvalue weighted by molar-refractivity contribution is 9.10. The van der Waals surface area contributed by atoms with Crippen molar-refractivity contribution in [3.63, 3.8) is 0 Å². The summed E-state index contributed by atoms with van der Waals surface area (Å²) in [7, 11) is 0. The largest absolute Gasteiger partial charge is 0.457 e. The Balaban J connectivity index is 1.20. The van der Waals surface area contributed by atoms with Crippen LogP contribution in [0.4, 0.5) is 5.69 Å². The number of benzene rings is 2. The fourth-order valence-electron chi connectivity index (χ4n) is 3.41. The summed E-state index contributed by atoms with van der Waals surface area (Å²) in [6.45, 7) is 2.01. The van der Waals surface area contributed by atoms with Crippen molar-refractivity contribution in [2.45, 2.75) is 13.3 Å². The maximum atomic E-state index is 12.4. The molecule has 0 atom stereocenters. The standard InChI is InChI=1S/C25H19BrN6O2S2/c1-2-21-29-30-25-32(21)31-23(36-25)16-4-3-5-18(14-16)27-24(35)28-22(33)13-11-19-10-12-20(34-19)15-6-8-17(26)9-7-15/h3-14H,2H2,1H3,(H2,27,28,33,35)/b13-11+. The molecular formula is C25H19BrN6O2S2. The van der Waals surface area contributed by atoms with E-state index >= 15 is 0 Å². The summed E-state index contributed by atoms with van der Waals surface area (Å²) < 4.78 is 8.56. The van der Waals surface area contributed by atoms with Gasteiger partial charge >= 0.3 is 0 Å². The van der Waals surface area contributed by atoms with Gasteiger partial charge in [0.2, 0.25) is 10.9 Å². The first-order chi connectivity index (χ1) is 17.5. The molecule has 0 bridgehead atoms. The fraction of sp³-hybridized carbons (Fsp3) is 0.0800. The number of halogens is 1. The van der Waals surface area contributed by atoms with E-state index in [1.165, 1.54) is 17.4 Å². The van der Waals surface area contributed by atoms with Gasteiger partial charge in [-0.3, -0.25) is 10.1 Å². The Hall–Kier alpha value is -3.67. The average Bonchev–Trinajstić information content (AvgIpc) is 3.59. The molecule has 8 nitrogen and oxygen atoms in total. The van der Waals surface area contributed by atoms with Crippen LogP contribution in [-0.2, 0) is 11.2 Å². The summed E-state index contributed by atoms with van der Waals surface area (Å²) in [4.78, 5) is 13.1. The maximum absolute atomic E-state index is 12.4. The van der Waals surface area contributed by atoms with Crippen LogP contribution in [0.1, 0.15) is 18.5 Å². The molecule has 0 unspecified atom stereocenters. The van der Waals surface area contributed by atoms with Crippen LogP contribution in [0.15, 0.2) is 75.6 Å². The molecule has 0 aliphatic carbocycles. The molecular weight excluding hydrogens is 560 g/mol. The van der Waals surface area contributed by atoms with Crippen LogP contribution in [0.3, 0.4) is 0 Å². The molecule has 11 heteroatoms. The van der Waals surface area contributed by atoms with Crippen LogP contribution in [0.25, 0.3) is 32.9 Å². The van der Waals surface area contributed by atoms with Crippen molar-refractivity contribution < 1.29 is 9.21 Å². The first-order valence-electron chi connectivity index (χ1n) is 11.0. The third kappa shape index (κ3) is 5.43. The topological polar surface area (TPSA) is 97.3 Å². The number of hydrogen-bond acceptors (Lipinski definition) is 7. The van der Waals surface area contributed by atoms with Crippen LogP contribution in [0.2, 0.25) is 0 Å². The van der Waals surface area contributed by atoms with E-state index in [9.17, 15) is 4.79 Å². The summed E-state index contributed by atoms with van der Waals surface area (Å²) in [5, 5.41) is 19.6. The van der Waals surface area contributed by atoms with Crippen molar-refractivity contribution in [2.24, 2.45) is 0 Å². The number of amides is 1. The van der Waals surface area contributed by atoms with Crippen molar-refractivity contribution in [3.05, 3.63) is 82.8 Å². The number of carbonyl (C=O) groups excluding carboxylic acids is 1.